The normalized spacial score (nSPS) is 17.6. The summed E-state index contributed by atoms with van der Waals surface area (Å²) in [7, 11) is 1.92. The standard InChI is InChI=1S/C14H19N3O2.C2H6/c1-15-8-7-10-3-2-4-11(9-10)16-12-5-6-13(18)17-14(12)19;1-2/h2-4,9,12,15-16H,5-8H2,1H3,(H,17,18,19);1-2H3. The average molecular weight is 291 g/mol. The quantitative estimate of drug-likeness (QED) is 0.722. The van der Waals surface area contributed by atoms with Crippen molar-refractivity contribution < 1.29 is 9.59 Å². The van der Waals surface area contributed by atoms with E-state index in [1.54, 1.807) is 0 Å². The molecule has 1 aromatic carbocycles. The molecular weight excluding hydrogens is 266 g/mol. The van der Waals surface area contributed by atoms with Gasteiger partial charge in [-0.1, -0.05) is 26.0 Å². The Morgan fingerprint density at radius 1 is 1.29 bits per heavy atom. The van der Waals surface area contributed by atoms with Gasteiger partial charge in [0.1, 0.15) is 6.04 Å². The predicted molar refractivity (Wildman–Crippen MR) is 85.2 cm³/mol. The molecule has 1 unspecified atom stereocenters. The molecule has 1 aliphatic heterocycles. The van der Waals surface area contributed by atoms with E-state index in [0.29, 0.717) is 12.8 Å². The molecule has 1 aliphatic rings. The number of benzene rings is 1. The highest BCUT2D eigenvalue weighted by molar-refractivity contribution is 6.01. The SMILES string of the molecule is CC.CNCCc1cccc(NC2CCC(=O)NC2=O)c1. The highest BCUT2D eigenvalue weighted by Crippen LogP contribution is 2.15. The Morgan fingerprint density at radius 3 is 2.71 bits per heavy atom. The molecule has 1 atom stereocenters. The lowest BCUT2D eigenvalue weighted by Gasteiger charge is -2.23. The molecule has 0 aliphatic carbocycles. The van der Waals surface area contributed by atoms with Crippen molar-refractivity contribution in [3.8, 4) is 0 Å². The van der Waals surface area contributed by atoms with Crippen LogP contribution in [0.5, 0.6) is 0 Å². The van der Waals surface area contributed by atoms with E-state index in [2.05, 4.69) is 22.0 Å². The number of piperidine rings is 1. The van der Waals surface area contributed by atoms with Crippen molar-refractivity contribution in [3.63, 3.8) is 0 Å². The molecular formula is C16H25N3O2. The summed E-state index contributed by atoms with van der Waals surface area (Å²) in [5, 5.41) is 8.64. The molecule has 1 fully saturated rings. The maximum absolute atomic E-state index is 11.7. The van der Waals surface area contributed by atoms with Gasteiger partial charge in [-0.25, -0.2) is 0 Å². The molecule has 5 heteroatoms. The van der Waals surface area contributed by atoms with Crippen molar-refractivity contribution in [2.45, 2.75) is 39.2 Å². The summed E-state index contributed by atoms with van der Waals surface area (Å²) in [5.41, 5.74) is 2.13. The Morgan fingerprint density at radius 2 is 2.05 bits per heavy atom. The van der Waals surface area contributed by atoms with Gasteiger partial charge in [-0.2, -0.15) is 0 Å². The lowest BCUT2D eigenvalue weighted by atomic mass is 10.1. The first kappa shape index (κ1) is 17.2. The van der Waals surface area contributed by atoms with Gasteiger partial charge in [0.05, 0.1) is 0 Å². The van der Waals surface area contributed by atoms with Crippen LogP contribution >= 0.6 is 0 Å². The van der Waals surface area contributed by atoms with E-state index < -0.39 is 0 Å². The molecule has 1 aromatic rings. The van der Waals surface area contributed by atoms with Crippen LogP contribution in [-0.4, -0.2) is 31.4 Å². The van der Waals surface area contributed by atoms with Gasteiger partial charge in [-0.05, 0) is 44.1 Å². The Labute approximate surface area is 126 Å². The van der Waals surface area contributed by atoms with E-state index in [9.17, 15) is 9.59 Å². The second kappa shape index (κ2) is 9.13. The Kier molecular flexibility index (Phi) is 7.46. The van der Waals surface area contributed by atoms with Crippen molar-refractivity contribution >= 4 is 17.5 Å². The highest BCUT2D eigenvalue weighted by Gasteiger charge is 2.26. The monoisotopic (exact) mass is 291 g/mol. The fourth-order valence-corrected chi connectivity index (χ4v) is 2.12. The molecule has 116 valence electrons. The molecule has 3 N–H and O–H groups in total. The zero-order valence-electron chi connectivity index (χ0n) is 13.0. The van der Waals surface area contributed by atoms with Crippen molar-refractivity contribution in [2.24, 2.45) is 0 Å². The lowest BCUT2D eigenvalue weighted by Crippen LogP contribution is -2.47. The van der Waals surface area contributed by atoms with E-state index in [1.807, 2.05) is 39.1 Å². The first-order valence-electron chi connectivity index (χ1n) is 7.53. The fraction of sp³-hybridized carbons (Fsp3) is 0.500. The molecule has 5 nitrogen and oxygen atoms in total. The van der Waals surface area contributed by atoms with Crippen molar-refractivity contribution in [3.05, 3.63) is 29.8 Å². The number of likely N-dealkylation sites (N-methyl/N-ethyl adjacent to an activating group) is 1. The smallest absolute Gasteiger partial charge is 0.249 e. The minimum Gasteiger partial charge on any atom is -0.374 e. The molecule has 21 heavy (non-hydrogen) atoms. The summed E-state index contributed by atoms with van der Waals surface area (Å²) in [4.78, 5) is 22.7. The van der Waals surface area contributed by atoms with Gasteiger partial charge in [0.25, 0.3) is 0 Å². The van der Waals surface area contributed by atoms with Crippen LogP contribution in [0.3, 0.4) is 0 Å². The van der Waals surface area contributed by atoms with Gasteiger partial charge in [0.15, 0.2) is 0 Å². The fourth-order valence-electron chi connectivity index (χ4n) is 2.12. The maximum Gasteiger partial charge on any atom is 0.249 e. The Balaban J connectivity index is 0.00000106. The van der Waals surface area contributed by atoms with Crippen molar-refractivity contribution in [2.75, 3.05) is 18.9 Å². The van der Waals surface area contributed by atoms with Gasteiger partial charge in [-0.15, -0.1) is 0 Å². The first-order chi connectivity index (χ1) is 10.2. The van der Waals surface area contributed by atoms with Crippen LogP contribution in [0.1, 0.15) is 32.3 Å². The second-order valence-electron chi connectivity index (χ2n) is 4.70. The zero-order valence-corrected chi connectivity index (χ0v) is 13.0. The average Bonchev–Trinajstić information content (AvgIpc) is 2.50. The zero-order chi connectivity index (χ0) is 15.7. The summed E-state index contributed by atoms with van der Waals surface area (Å²) < 4.78 is 0. The third kappa shape index (κ3) is 5.55. The van der Waals surface area contributed by atoms with E-state index in [-0.39, 0.29) is 17.9 Å². The number of carbonyl (C=O) groups excluding carboxylic acids is 2. The third-order valence-corrected chi connectivity index (χ3v) is 3.17. The van der Waals surface area contributed by atoms with E-state index in [0.717, 1.165) is 18.7 Å². The molecule has 0 radical (unpaired) electrons. The number of nitrogens with one attached hydrogen (secondary N) is 3. The summed E-state index contributed by atoms with van der Waals surface area (Å²) >= 11 is 0. The third-order valence-electron chi connectivity index (χ3n) is 3.17. The summed E-state index contributed by atoms with van der Waals surface area (Å²) in [6.07, 6.45) is 1.88. The van der Waals surface area contributed by atoms with Crippen LogP contribution in [-0.2, 0) is 16.0 Å². The molecule has 2 rings (SSSR count). The Hall–Kier alpha value is -1.88. The largest absolute Gasteiger partial charge is 0.374 e. The van der Waals surface area contributed by atoms with Crippen LogP contribution in [0.2, 0.25) is 0 Å². The van der Waals surface area contributed by atoms with Crippen LogP contribution in [0.4, 0.5) is 5.69 Å². The van der Waals surface area contributed by atoms with Gasteiger partial charge < -0.3 is 10.6 Å². The molecule has 0 spiro atoms. The van der Waals surface area contributed by atoms with Crippen molar-refractivity contribution in [1.82, 2.24) is 10.6 Å². The number of rotatable bonds is 5. The molecule has 0 bridgehead atoms. The van der Waals surface area contributed by atoms with E-state index >= 15 is 0 Å². The topological polar surface area (TPSA) is 70.2 Å². The molecule has 2 amide bonds. The summed E-state index contributed by atoms with van der Waals surface area (Å²) in [6, 6.07) is 7.69. The van der Waals surface area contributed by atoms with Crippen LogP contribution in [0.15, 0.2) is 24.3 Å². The number of carbonyl (C=O) groups is 2. The number of amides is 2. The van der Waals surface area contributed by atoms with E-state index in [1.165, 1.54) is 5.56 Å². The van der Waals surface area contributed by atoms with Gasteiger partial charge in [0.2, 0.25) is 11.8 Å². The number of hydrogen-bond donors (Lipinski definition) is 3. The molecule has 0 aromatic heterocycles. The number of imide groups is 1. The number of anilines is 1. The lowest BCUT2D eigenvalue weighted by molar-refractivity contribution is -0.133. The summed E-state index contributed by atoms with van der Waals surface area (Å²) in [5.74, 6) is -0.428. The predicted octanol–water partition coefficient (Wildman–Crippen LogP) is 1.69. The highest BCUT2D eigenvalue weighted by atomic mass is 16.2. The van der Waals surface area contributed by atoms with E-state index in [4.69, 9.17) is 0 Å². The van der Waals surface area contributed by atoms with Crippen LogP contribution in [0, 0.1) is 0 Å². The van der Waals surface area contributed by atoms with Crippen LogP contribution < -0.4 is 16.0 Å². The minimum absolute atomic E-state index is 0.189. The molecule has 1 heterocycles. The van der Waals surface area contributed by atoms with Gasteiger partial charge in [-0.3, -0.25) is 14.9 Å². The van der Waals surface area contributed by atoms with Gasteiger partial charge >= 0.3 is 0 Å². The Bertz CT molecular complexity index is 474. The van der Waals surface area contributed by atoms with Gasteiger partial charge in [0, 0.05) is 12.1 Å². The molecule has 0 saturated carbocycles. The van der Waals surface area contributed by atoms with Crippen molar-refractivity contribution in [1.29, 1.82) is 0 Å². The minimum atomic E-state index is -0.322. The van der Waals surface area contributed by atoms with Crippen LogP contribution in [0.25, 0.3) is 0 Å². The molecule has 1 saturated heterocycles. The summed E-state index contributed by atoms with van der Waals surface area (Å²) in [6.45, 7) is 4.92. The number of hydrogen-bond acceptors (Lipinski definition) is 4. The first-order valence-corrected chi connectivity index (χ1v) is 7.53. The maximum atomic E-state index is 11.7. The second-order valence-corrected chi connectivity index (χ2v) is 4.70.